The Kier molecular flexibility index (Phi) is 8.38. The van der Waals surface area contributed by atoms with Crippen LogP contribution in [0.3, 0.4) is 0 Å². The van der Waals surface area contributed by atoms with Crippen LogP contribution in [0.5, 0.6) is 5.75 Å². The van der Waals surface area contributed by atoms with Gasteiger partial charge in [-0.3, -0.25) is 0 Å². The van der Waals surface area contributed by atoms with Crippen molar-refractivity contribution in [3.05, 3.63) is 28.8 Å². The third-order valence-electron chi connectivity index (χ3n) is 1.84. The SMILES string of the molecule is CC.Cc1ccc(OCCCC#N)cc1Cl. The van der Waals surface area contributed by atoms with Crippen LogP contribution in [0.2, 0.25) is 5.02 Å². The van der Waals surface area contributed by atoms with Gasteiger partial charge in [-0.25, -0.2) is 0 Å². The van der Waals surface area contributed by atoms with Crippen LogP contribution < -0.4 is 4.74 Å². The van der Waals surface area contributed by atoms with E-state index in [0.717, 1.165) is 17.7 Å². The number of hydrogen-bond acceptors (Lipinski definition) is 2. The van der Waals surface area contributed by atoms with Gasteiger partial charge in [-0.2, -0.15) is 5.26 Å². The summed E-state index contributed by atoms with van der Waals surface area (Å²) in [6, 6.07) is 7.66. The van der Waals surface area contributed by atoms with Crippen molar-refractivity contribution in [1.29, 1.82) is 5.26 Å². The maximum Gasteiger partial charge on any atom is 0.120 e. The second-order valence-corrected chi connectivity index (χ2v) is 3.43. The minimum atomic E-state index is 0.527. The molecule has 0 fully saturated rings. The van der Waals surface area contributed by atoms with E-state index in [2.05, 4.69) is 6.07 Å². The highest BCUT2D eigenvalue weighted by atomic mass is 35.5. The van der Waals surface area contributed by atoms with Crippen LogP contribution in [0.1, 0.15) is 32.3 Å². The molecule has 2 nitrogen and oxygen atoms in total. The average molecular weight is 240 g/mol. The first-order chi connectivity index (χ1) is 7.74. The second-order valence-electron chi connectivity index (χ2n) is 3.02. The Morgan fingerprint density at radius 1 is 1.38 bits per heavy atom. The molecule has 0 aromatic heterocycles. The molecule has 0 saturated heterocycles. The second kappa shape index (κ2) is 9.06. The van der Waals surface area contributed by atoms with E-state index in [1.165, 1.54) is 0 Å². The molecular weight excluding hydrogens is 222 g/mol. The van der Waals surface area contributed by atoms with E-state index in [1.54, 1.807) is 6.07 Å². The normalized spacial score (nSPS) is 8.69. The molecule has 0 aliphatic heterocycles. The molecule has 0 atom stereocenters. The number of aryl methyl sites for hydroxylation is 1. The Morgan fingerprint density at radius 3 is 2.62 bits per heavy atom. The lowest BCUT2D eigenvalue weighted by atomic mass is 10.2. The Bertz CT molecular complexity index is 344. The minimum Gasteiger partial charge on any atom is -0.494 e. The Balaban J connectivity index is 0.00000106. The number of nitrogens with zero attached hydrogens (tertiary/aromatic N) is 1. The molecule has 0 N–H and O–H groups in total. The lowest BCUT2D eigenvalue weighted by Crippen LogP contribution is -1.96. The van der Waals surface area contributed by atoms with Crippen molar-refractivity contribution < 1.29 is 4.74 Å². The third-order valence-corrected chi connectivity index (χ3v) is 2.25. The van der Waals surface area contributed by atoms with Gasteiger partial charge in [-0.05, 0) is 31.0 Å². The van der Waals surface area contributed by atoms with Gasteiger partial charge in [0.15, 0.2) is 0 Å². The predicted molar refractivity (Wildman–Crippen MR) is 67.9 cm³/mol. The monoisotopic (exact) mass is 239 g/mol. The quantitative estimate of drug-likeness (QED) is 0.732. The van der Waals surface area contributed by atoms with E-state index in [9.17, 15) is 0 Å². The van der Waals surface area contributed by atoms with Gasteiger partial charge in [-0.1, -0.05) is 31.5 Å². The summed E-state index contributed by atoms with van der Waals surface area (Å²) in [5.41, 5.74) is 1.04. The summed E-state index contributed by atoms with van der Waals surface area (Å²) < 4.78 is 5.41. The van der Waals surface area contributed by atoms with E-state index >= 15 is 0 Å². The van der Waals surface area contributed by atoms with Crippen LogP contribution >= 0.6 is 11.6 Å². The molecule has 0 aliphatic carbocycles. The van der Waals surface area contributed by atoms with E-state index < -0.39 is 0 Å². The first-order valence-electron chi connectivity index (χ1n) is 5.50. The number of halogens is 1. The molecule has 16 heavy (non-hydrogen) atoms. The molecule has 0 unspecified atom stereocenters. The topological polar surface area (TPSA) is 33.0 Å². The highest BCUT2D eigenvalue weighted by Crippen LogP contribution is 2.21. The van der Waals surface area contributed by atoms with Gasteiger partial charge in [-0.15, -0.1) is 0 Å². The third kappa shape index (κ3) is 5.63. The molecule has 3 heteroatoms. The van der Waals surface area contributed by atoms with Crippen LogP contribution in [0.15, 0.2) is 18.2 Å². The number of nitriles is 1. The number of rotatable bonds is 4. The van der Waals surface area contributed by atoms with Gasteiger partial charge in [0.25, 0.3) is 0 Å². The Labute approximate surface area is 103 Å². The molecule has 0 amide bonds. The van der Waals surface area contributed by atoms with Crippen LogP contribution in [0, 0.1) is 18.3 Å². The molecule has 0 saturated carbocycles. The van der Waals surface area contributed by atoms with Crippen molar-refractivity contribution in [1.82, 2.24) is 0 Å². The predicted octanol–water partition coefficient (Wildman–Crippen LogP) is 4.36. The molecule has 1 aromatic carbocycles. The average Bonchev–Trinajstić information content (AvgIpc) is 2.32. The van der Waals surface area contributed by atoms with E-state index in [-0.39, 0.29) is 0 Å². The van der Waals surface area contributed by atoms with Crippen LogP contribution in [-0.4, -0.2) is 6.61 Å². The van der Waals surface area contributed by atoms with E-state index in [1.807, 2.05) is 32.9 Å². The largest absolute Gasteiger partial charge is 0.494 e. The zero-order valence-corrected chi connectivity index (χ0v) is 10.8. The van der Waals surface area contributed by atoms with Crippen molar-refractivity contribution in [2.24, 2.45) is 0 Å². The van der Waals surface area contributed by atoms with Gasteiger partial charge in [0.1, 0.15) is 5.75 Å². The first-order valence-corrected chi connectivity index (χ1v) is 5.87. The molecule has 0 bridgehead atoms. The number of hydrogen-bond donors (Lipinski definition) is 0. The van der Waals surface area contributed by atoms with Gasteiger partial charge in [0, 0.05) is 11.4 Å². The maximum absolute atomic E-state index is 8.32. The van der Waals surface area contributed by atoms with Gasteiger partial charge >= 0.3 is 0 Å². The standard InChI is InChI=1S/C11H12ClNO.C2H6/c1-9-4-5-10(8-11(9)12)14-7-3-2-6-13;1-2/h4-5,8H,2-3,7H2,1H3;1-2H3. The van der Waals surface area contributed by atoms with E-state index in [0.29, 0.717) is 18.1 Å². The Hall–Kier alpha value is -1.20. The molecule has 0 radical (unpaired) electrons. The summed E-state index contributed by atoms with van der Waals surface area (Å²) in [6.45, 7) is 6.51. The summed E-state index contributed by atoms with van der Waals surface area (Å²) >= 11 is 5.92. The zero-order valence-electron chi connectivity index (χ0n) is 10.1. The highest BCUT2D eigenvalue weighted by molar-refractivity contribution is 6.31. The molecule has 1 rings (SSSR count). The molecule has 0 aliphatic rings. The lowest BCUT2D eigenvalue weighted by molar-refractivity contribution is 0.312. The smallest absolute Gasteiger partial charge is 0.120 e. The molecule has 0 spiro atoms. The van der Waals surface area contributed by atoms with Gasteiger partial charge < -0.3 is 4.74 Å². The van der Waals surface area contributed by atoms with Crippen molar-refractivity contribution in [3.63, 3.8) is 0 Å². The number of ether oxygens (including phenoxy) is 1. The van der Waals surface area contributed by atoms with Crippen LogP contribution in [0.25, 0.3) is 0 Å². The van der Waals surface area contributed by atoms with Gasteiger partial charge in [0.2, 0.25) is 0 Å². The fraction of sp³-hybridized carbons (Fsp3) is 0.462. The first kappa shape index (κ1) is 14.8. The van der Waals surface area contributed by atoms with Gasteiger partial charge in [0.05, 0.1) is 12.7 Å². The van der Waals surface area contributed by atoms with Crippen molar-refractivity contribution in [2.75, 3.05) is 6.61 Å². The minimum absolute atomic E-state index is 0.527. The zero-order chi connectivity index (χ0) is 12.4. The van der Waals surface area contributed by atoms with Crippen molar-refractivity contribution in [2.45, 2.75) is 33.6 Å². The summed E-state index contributed by atoms with van der Waals surface area (Å²) in [5, 5.41) is 9.03. The molecule has 1 aromatic rings. The van der Waals surface area contributed by atoms with Crippen molar-refractivity contribution >= 4 is 11.6 Å². The number of benzene rings is 1. The fourth-order valence-electron chi connectivity index (χ4n) is 1.00. The van der Waals surface area contributed by atoms with E-state index in [4.69, 9.17) is 21.6 Å². The number of unbranched alkanes of at least 4 members (excludes halogenated alkanes) is 1. The molecular formula is C13H18ClNO. The van der Waals surface area contributed by atoms with Crippen LogP contribution in [0.4, 0.5) is 0 Å². The summed E-state index contributed by atoms with van der Waals surface area (Å²) in [6.07, 6.45) is 1.28. The lowest BCUT2D eigenvalue weighted by Gasteiger charge is -2.05. The van der Waals surface area contributed by atoms with Crippen molar-refractivity contribution in [3.8, 4) is 11.8 Å². The fourth-order valence-corrected chi connectivity index (χ4v) is 1.18. The maximum atomic E-state index is 8.32. The van der Waals surface area contributed by atoms with Crippen LogP contribution in [-0.2, 0) is 0 Å². The Morgan fingerprint density at radius 2 is 2.06 bits per heavy atom. The summed E-state index contributed by atoms with van der Waals surface area (Å²) in [4.78, 5) is 0. The highest BCUT2D eigenvalue weighted by Gasteiger charge is 1.98. The summed E-state index contributed by atoms with van der Waals surface area (Å²) in [5.74, 6) is 0.763. The molecule has 0 heterocycles. The summed E-state index contributed by atoms with van der Waals surface area (Å²) in [7, 11) is 0. The molecule has 88 valence electrons.